The Morgan fingerprint density at radius 1 is 1.43 bits per heavy atom. The number of halogens is 3. The Balaban J connectivity index is 2.09. The lowest BCUT2D eigenvalue weighted by Crippen LogP contribution is -2.34. The molecule has 1 aromatic heterocycles. The topological polar surface area (TPSA) is 17.8 Å². The van der Waals surface area contributed by atoms with Gasteiger partial charge in [-0.15, -0.1) is 11.6 Å². The monoisotopic (exact) mass is 372 g/mol. The molecule has 21 heavy (non-hydrogen) atoms. The number of fused-ring (bicyclic) bond motifs is 1. The normalized spacial score (nSPS) is 17.1. The van der Waals surface area contributed by atoms with Crippen molar-refractivity contribution in [1.82, 2.24) is 9.55 Å². The molecule has 0 saturated heterocycles. The number of benzene rings is 1. The van der Waals surface area contributed by atoms with Gasteiger partial charge in [-0.2, -0.15) is 0 Å². The molecule has 3 rings (SSSR count). The summed E-state index contributed by atoms with van der Waals surface area (Å²) in [5, 5.41) is 0. The van der Waals surface area contributed by atoms with Crippen molar-refractivity contribution in [2.24, 2.45) is 5.41 Å². The molecule has 114 valence electrons. The van der Waals surface area contributed by atoms with Crippen LogP contribution in [0.5, 0.6) is 0 Å². The Kier molecular flexibility index (Phi) is 4.28. The lowest BCUT2D eigenvalue weighted by Gasteiger charge is -2.42. The zero-order valence-corrected chi connectivity index (χ0v) is 14.5. The van der Waals surface area contributed by atoms with Crippen LogP contribution >= 0.6 is 27.5 Å². The van der Waals surface area contributed by atoms with Crippen LogP contribution in [0, 0.1) is 11.2 Å². The van der Waals surface area contributed by atoms with Gasteiger partial charge in [-0.05, 0) is 46.7 Å². The zero-order chi connectivity index (χ0) is 15.0. The van der Waals surface area contributed by atoms with E-state index in [0.29, 0.717) is 15.8 Å². The maximum atomic E-state index is 13.7. The molecule has 1 aromatic carbocycles. The number of aryl methyl sites for hydroxylation is 1. The standard InChI is InChI=1S/C16H19BrClFN2/c1-2-16(5-3-6-16)10-21-14-8-11(17)12(19)9-13(14)20-15(21)4-7-18/h8-9H,2-7,10H2,1H3. The predicted molar refractivity (Wildman–Crippen MR) is 88.4 cm³/mol. The van der Waals surface area contributed by atoms with Gasteiger partial charge in [-0.3, -0.25) is 0 Å². The Morgan fingerprint density at radius 2 is 2.19 bits per heavy atom. The van der Waals surface area contributed by atoms with Gasteiger partial charge in [-0.25, -0.2) is 9.37 Å². The van der Waals surface area contributed by atoms with Crippen LogP contribution in [0.15, 0.2) is 16.6 Å². The molecule has 2 nitrogen and oxygen atoms in total. The number of aromatic nitrogens is 2. The van der Waals surface area contributed by atoms with Gasteiger partial charge in [0.15, 0.2) is 0 Å². The minimum Gasteiger partial charge on any atom is -0.327 e. The minimum absolute atomic E-state index is 0.265. The van der Waals surface area contributed by atoms with Crippen molar-refractivity contribution in [2.45, 2.75) is 45.6 Å². The predicted octanol–water partition coefficient (Wildman–Crippen LogP) is 5.30. The van der Waals surface area contributed by atoms with Crippen molar-refractivity contribution < 1.29 is 4.39 Å². The number of hydrogen-bond acceptors (Lipinski definition) is 1. The highest BCUT2D eigenvalue weighted by Crippen LogP contribution is 2.46. The number of hydrogen-bond donors (Lipinski definition) is 0. The van der Waals surface area contributed by atoms with Gasteiger partial charge in [0.25, 0.3) is 0 Å². The summed E-state index contributed by atoms with van der Waals surface area (Å²) in [6.45, 7) is 3.22. The van der Waals surface area contributed by atoms with Crippen molar-refractivity contribution in [1.29, 1.82) is 0 Å². The third-order valence-electron chi connectivity index (χ3n) is 4.85. The first-order valence-electron chi connectivity index (χ1n) is 7.49. The van der Waals surface area contributed by atoms with E-state index in [4.69, 9.17) is 11.6 Å². The number of rotatable bonds is 5. The molecule has 1 aliphatic carbocycles. The molecule has 0 N–H and O–H groups in total. The van der Waals surface area contributed by atoms with Crippen molar-refractivity contribution in [2.75, 3.05) is 5.88 Å². The molecule has 1 saturated carbocycles. The molecule has 0 atom stereocenters. The lowest BCUT2D eigenvalue weighted by molar-refractivity contribution is 0.101. The Hall–Kier alpha value is -0.610. The first-order valence-corrected chi connectivity index (χ1v) is 8.81. The van der Waals surface area contributed by atoms with Gasteiger partial charge >= 0.3 is 0 Å². The van der Waals surface area contributed by atoms with Crippen LogP contribution in [0.2, 0.25) is 0 Å². The van der Waals surface area contributed by atoms with E-state index in [-0.39, 0.29) is 5.82 Å². The fourth-order valence-corrected chi connectivity index (χ4v) is 3.76. The summed E-state index contributed by atoms with van der Waals surface area (Å²) in [5.74, 6) is 1.24. The van der Waals surface area contributed by atoms with Crippen LogP contribution in [-0.2, 0) is 13.0 Å². The van der Waals surface area contributed by atoms with Crippen LogP contribution in [0.4, 0.5) is 4.39 Å². The largest absolute Gasteiger partial charge is 0.327 e. The van der Waals surface area contributed by atoms with Crippen LogP contribution in [0.3, 0.4) is 0 Å². The molecule has 1 aliphatic rings. The van der Waals surface area contributed by atoms with E-state index in [9.17, 15) is 4.39 Å². The van der Waals surface area contributed by atoms with Gasteiger partial charge in [-0.1, -0.05) is 13.3 Å². The molecular formula is C16H19BrClFN2. The van der Waals surface area contributed by atoms with Gasteiger partial charge in [0.1, 0.15) is 11.6 Å². The van der Waals surface area contributed by atoms with E-state index in [2.05, 4.69) is 32.4 Å². The molecule has 0 spiro atoms. The number of nitrogens with zero attached hydrogens (tertiary/aromatic N) is 2. The molecule has 1 fully saturated rings. The summed E-state index contributed by atoms with van der Waals surface area (Å²) < 4.78 is 16.5. The fourth-order valence-electron chi connectivity index (χ4n) is 3.26. The van der Waals surface area contributed by atoms with E-state index < -0.39 is 0 Å². The number of alkyl halides is 1. The van der Waals surface area contributed by atoms with Crippen LogP contribution in [-0.4, -0.2) is 15.4 Å². The van der Waals surface area contributed by atoms with Gasteiger partial charge in [0, 0.05) is 24.9 Å². The second kappa shape index (κ2) is 5.88. The summed E-state index contributed by atoms with van der Waals surface area (Å²) in [6, 6.07) is 3.35. The van der Waals surface area contributed by atoms with E-state index in [1.54, 1.807) is 0 Å². The highest BCUT2D eigenvalue weighted by Gasteiger charge is 2.36. The second-order valence-corrected chi connectivity index (χ2v) is 7.25. The van der Waals surface area contributed by atoms with Crippen molar-refractivity contribution in [3.05, 3.63) is 28.2 Å². The molecule has 0 bridgehead atoms. The molecule has 0 amide bonds. The summed E-state index contributed by atoms with van der Waals surface area (Å²) in [5.41, 5.74) is 2.11. The fraction of sp³-hybridized carbons (Fsp3) is 0.562. The average Bonchev–Trinajstić information content (AvgIpc) is 2.72. The third kappa shape index (κ3) is 2.72. The summed E-state index contributed by atoms with van der Waals surface area (Å²) in [7, 11) is 0. The summed E-state index contributed by atoms with van der Waals surface area (Å²) in [4.78, 5) is 4.60. The average molecular weight is 374 g/mol. The second-order valence-electron chi connectivity index (χ2n) is 6.02. The Labute approximate surface area is 137 Å². The quantitative estimate of drug-likeness (QED) is 0.650. The molecule has 0 radical (unpaired) electrons. The molecular weight excluding hydrogens is 355 g/mol. The first-order chi connectivity index (χ1) is 10.1. The Morgan fingerprint density at radius 3 is 2.76 bits per heavy atom. The zero-order valence-electron chi connectivity index (χ0n) is 12.1. The van der Waals surface area contributed by atoms with Crippen LogP contribution in [0.1, 0.15) is 38.4 Å². The van der Waals surface area contributed by atoms with Crippen molar-refractivity contribution in [3.8, 4) is 0 Å². The van der Waals surface area contributed by atoms with Gasteiger partial charge in [0.05, 0.1) is 15.5 Å². The summed E-state index contributed by atoms with van der Waals surface area (Å²) >= 11 is 9.20. The van der Waals surface area contributed by atoms with E-state index in [1.165, 1.54) is 31.7 Å². The molecule has 1 heterocycles. The van der Waals surface area contributed by atoms with Gasteiger partial charge in [0.2, 0.25) is 0 Å². The van der Waals surface area contributed by atoms with E-state index >= 15 is 0 Å². The highest BCUT2D eigenvalue weighted by atomic mass is 79.9. The maximum Gasteiger partial charge on any atom is 0.139 e. The first kappa shape index (κ1) is 15.3. The highest BCUT2D eigenvalue weighted by molar-refractivity contribution is 9.10. The minimum atomic E-state index is -0.265. The summed E-state index contributed by atoms with van der Waals surface area (Å²) in [6.07, 6.45) is 5.74. The van der Waals surface area contributed by atoms with Crippen molar-refractivity contribution >= 4 is 38.6 Å². The third-order valence-corrected chi connectivity index (χ3v) is 5.64. The van der Waals surface area contributed by atoms with Crippen LogP contribution < -0.4 is 0 Å². The lowest BCUT2D eigenvalue weighted by atomic mass is 9.67. The molecule has 0 aliphatic heterocycles. The van der Waals surface area contributed by atoms with E-state index in [1.807, 2.05) is 6.07 Å². The Bertz CT molecular complexity index is 658. The molecule has 5 heteroatoms. The van der Waals surface area contributed by atoms with Crippen molar-refractivity contribution in [3.63, 3.8) is 0 Å². The SMILES string of the molecule is CCC1(Cn2c(CCCl)nc3cc(F)c(Br)cc32)CCC1. The molecule has 2 aromatic rings. The van der Waals surface area contributed by atoms with E-state index in [0.717, 1.165) is 29.8 Å². The number of imidazole rings is 1. The maximum absolute atomic E-state index is 13.7. The van der Waals surface area contributed by atoms with Gasteiger partial charge < -0.3 is 4.57 Å². The smallest absolute Gasteiger partial charge is 0.139 e. The molecule has 0 unspecified atom stereocenters. The van der Waals surface area contributed by atoms with Crippen LogP contribution in [0.25, 0.3) is 11.0 Å².